The van der Waals surface area contributed by atoms with E-state index in [1.807, 2.05) is 30.3 Å². The summed E-state index contributed by atoms with van der Waals surface area (Å²) in [6.45, 7) is 3.20. The van der Waals surface area contributed by atoms with Gasteiger partial charge in [0.05, 0.1) is 30.4 Å². The molecule has 1 aromatic heterocycles. The Kier molecular flexibility index (Phi) is 6.51. The first-order valence-corrected chi connectivity index (χ1v) is 10.9. The van der Waals surface area contributed by atoms with Gasteiger partial charge in [-0.15, -0.1) is 0 Å². The standard InChI is InChI=1S/C23H27FN6O2/c1-15(31)27-21-5-4-20(19-3-2-8-26-23(19)21)28-17-6-9-29(10-7-17)14-22(32)30-13-16(24)11-18(30)12-25/h2-5,8,16-18,28H,6-7,9-11,13-14H2,1H3,(H,27,31)/t16-,18?/m0/s1. The molecule has 2 aromatic rings. The lowest BCUT2D eigenvalue weighted by Gasteiger charge is -2.33. The van der Waals surface area contributed by atoms with E-state index in [1.165, 1.54) is 11.8 Å². The smallest absolute Gasteiger partial charge is 0.237 e. The van der Waals surface area contributed by atoms with Gasteiger partial charge < -0.3 is 15.5 Å². The van der Waals surface area contributed by atoms with Crippen molar-refractivity contribution in [3.05, 3.63) is 30.5 Å². The molecule has 32 heavy (non-hydrogen) atoms. The first-order chi connectivity index (χ1) is 15.4. The second-order valence-electron chi connectivity index (χ2n) is 8.46. The molecule has 9 heteroatoms. The summed E-state index contributed by atoms with van der Waals surface area (Å²) >= 11 is 0. The molecule has 0 bridgehead atoms. The molecular weight excluding hydrogens is 411 g/mol. The molecule has 0 spiro atoms. The predicted molar refractivity (Wildman–Crippen MR) is 120 cm³/mol. The van der Waals surface area contributed by atoms with Crippen LogP contribution in [0.25, 0.3) is 10.9 Å². The molecule has 1 unspecified atom stereocenters. The number of nitriles is 1. The highest BCUT2D eigenvalue weighted by atomic mass is 19.1. The number of amides is 2. The quantitative estimate of drug-likeness (QED) is 0.744. The number of nitrogens with one attached hydrogen (secondary N) is 2. The lowest BCUT2D eigenvalue weighted by atomic mass is 10.0. The van der Waals surface area contributed by atoms with Crippen LogP contribution in [-0.2, 0) is 9.59 Å². The van der Waals surface area contributed by atoms with Crippen molar-refractivity contribution in [3.63, 3.8) is 0 Å². The van der Waals surface area contributed by atoms with E-state index in [-0.39, 0.29) is 37.4 Å². The van der Waals surface area contributed by atoms with Gasteiger partial charge in [0.2, 0.25) is 11.8 Å². The topological polar surface area (TPSA) is 101 Å². The third kappa shape index (κ3) is 4.81. The van der Waals surface area contributed by atoms with Crippen molar-refractivity contribution in [2.45, 2.75) is 44.4 Å². The number of piperidine rings is 1. The van der Waals surface area contributed by atoms with Gasteiger partial charge in [0, 0.05) is 49.7 Å². The number of halogens is 1. The number of fused-ring (bicyclic) bond motifs is 1. The number of hydrogen-bond acceptors (Lipinski definition) is 6. The Hall–Kier alpha value is -3.25. The summed E-state index contributed by atoms with van der Waals surface area (Å²) in [5.74, 6) is -0.314. The fraction of sp³-hybridized carbons (Fsp3) is 0.478. The van der Waals surface area contributed by atoms with Crippen LogP contribution in [0, 0.1) is 11.3 Å². The fourth-order valence-corrected chi connectivity index (χ4v) is 4.51. The van der Waals surface area contributed by atoms with Crippen molar-refractivity contribution in [1.29, 1.82) is 5.26 Å². The number of aromatic nitrogens is 1. The third-order valence-corrected chi connectivity index (χ3v) is 6.11. The van der Waals surface area contributed by atoms with E-state index < -0.39 is 12.2 Å². The number of alkyl halides is 1. The van der Waals surface area contributed by atoms with Gasteiger partial charge in [0.25, 0.3) is 0 Å². The molecule has 0 radical (unpaired) electrons. The SMILES string of the molecule is CC(=O)Nc1ccc(NC2CCN(CC(=O)N3C[C@@H](F)CC3C#N)CC2)c2cccnc12. The Labute approximate surface area is 186 Å². The maximum Gasteiger partial charge on any atom is 0.237 e. The van der Waals surface area contributed by atoms with Crippen LogP contribution < -0.4 is 10.6 Å². The summed E-state index contributed by atoms with van der Waals surface area (Å²) in [4.78, 5) is 31.9. The van der Waals surface area contributed by atoms with Gasteiger partial charge >= 0.3 is 0 Å². The van der Waals surface area contributed by atoms with Crippen molar-refractivity contribution in [1.82, 2.24) is 14.8 Å². The van der Waals surface area contributed by atoms with E-state index in [4.69, 9.17) is 5.26 Å². The summed E-state index contributed by atoms with van der Waals surface area (Å²) in [6.07, 6.45) is 2.42. The van der Waals surface area contributed by atoms with Crippen LogP contribution in [0.5, 0.6) is 0 Å². The van der Waals surface area contributed by atoms with E-state index in [0.29, 0.717) is 5.69 Å². The molecule has 168 valence electrons. The molecule has 2 saturated heterocycles. The highest BCUT2D eigenvalue weighted by Gasteiger charge is 2.36. The Bertz CT molecular complexity index is 1050. The first kappa shape index (κ1) is 22.0. The maximum absolute atomic E-state index is 13.6. The number of carbonyl (C=O) groups is 2. The largest absolute Gasteiger partial charge is 0.382 e. The Balaban J connectivity index is 1.35. The van der Waals surface area contributed by atoms with Gasteiger partial charge in [-0.25, -0.2) is 4.39 Å². The van der Waals surface area contributed by atoms with Crippen molar-refractivity contribution in [3.8, 4) is 6.07 Å². The van der Waals surface area contributed by atoms with E-state index >= 15 is 0 Å². The molecule has 2 fully saturated rings. The predicted octanol–water partition coefficient (Wildman–Crippen LogP) is 2.53. The Morgan fingerprint density at radius 3 is 2.72 bits per heavy atom. The first-order valence-electron chi connectivity index (χ1n) is 10.9. The lowest BCUT2D eigenvalue weighted by molar-refractivity contribution is -0.132. The zero-order valence-corrected chi connectivity index (χ0v) is 18.1. The Morgan fingerprint density at radius 1 is 1.25 bits per heavy atom. The molecular formula is C23H27FN6O2. The summed E-state index contributed by atoms with van der Waals surface area (Å²) in [5.41, 5.74) is 2.37. The average Bonchev–Trinajstić information content (AvgIpc) is 3.17. The molecule has 3 heterocycles. The molecule has 2 N–H and O–H groups in total. The molecule has 1 aromatic carbocycles. The van der Waals surface area contributed by atoms with Gasteiger partial charge in [-0.3, -0.25) is 19.5 Å². The van der Waals surface area contributed by atoms with E-state index in [9.17, 15) is 14.0 Å². The van der Waals surface area contributed by atoms with E-state index in [2.05, 4.69) is 20.5 Å². The van der Waals surface area contributed by atoms with Gasteiger partial charge in [0.15, 0.2) is 0 Å². The number of carbonyl (C=O) groups excluding carboxylic acids is 2. The van der Waals surface area contributed by atoms with Crippen LogP contribution in [0.4, 0.5) is 15.8 Å². The van der Waals surface area contributed by atoms with Crippen LogP contribution in [0.1, 0.15) is 26.2 Å². The van der Waals surface area contributed by atoms with Gasteiger partial charge in [-0.2, -0.15) is 5.26 Å². The molecule has 2 aliphatic rings. The minimum absolute atomic E-state index is 0.0185. The second-order valence-corrected chi connectivity index (χ2v) is 8.46. The molecule has 8 nitrogen and oxygen atoms in total. The van der Waals surface area contributed by atoms with E-state index in [1.54, 1.807) is 6.20 Å². The van der Waals surface area contributed by atoms with Gasteiger partial charge in [-0.05, 0) is 37.1 Å². The van der Waals surface area contributed by atoms with Crippen LogP contribution in [0.3, 0.4) is 0 Å². The molecule has 2 aliphatic heterocycles. The zero-order valence-electron chi connectivity index (χ0n) is 18.1. The number of benzene rings is 1. The van der Waals surface area contributed by atoms with Crippen LogP contribution in [0.15, 0.2) is 30.5 Å². The number of likely N-dealkylation sites (tertiary alicyclic amines) is 2. The zero-order chi connectivity index (χ0) is 22.7. The summed E-state index contributed by atoms with van der Waals surface area (Å²) in [5, 5.41) is 16.5. The number of hydrogen-bond donors (Lipinski definition) is 2. The van der Waals surface area contributed by atoms with Gasteiger partial charge in [0.1, 0.15) is 12.2 Å². The molecule has 2 atom stereocenters. The van der Waals surface area contributed by atoms with Crippen LogP contribution in [-0.4, -0.2) is 71.0 Å². The van der Waals surface area contributed by atoms with Crippen molar-refractivity contribution >= 4 is 34.1 Å². The lowest BCUT2D eigenvalue weighted by Crippen LogP contribution is -2.46. The minimum atomic E-state index is -1.11. The number of anilines is 2. The summed E-state index contributed by atoms with van der Waals surface area (Å²) < 4.78 is 13.6. The van der Waals surface area contributed by atoms with Crippen LogP contribution in [0.2, 0.25) is 0 Å². The fourth-order valence-electron chi connectivity index (χ4n) is 4.51. The number of rotatable bonds is 5. The van der Waals surface area contributed by atoms with Crippen LogP contribution >= 0.6 is 0 Å². The van der Waals surface area contributed by atoms with Crippen molar-refractivity contribution in [2.75, 3.05) is 36.8 Å². The average molecular weight is 439 g/mol. The molecule has 0 aliphatic carbocycles. The van der Waals surface area contributed by atoms with Crippen molar-refractivity contribution < 1.29 is 14.0 Å². The minimum Gasteiger partial charge on any atom is -0.382 e. The summed E-state index contributed by atoms with van der Waals surface area (Å²) in [6, 6.07) is 9.27. The van der Waals surface area contributed by atoms with Gasteiger partial charge in [-0.1, -0.05) is 0 Å². The highest BCUT2D eigenvalue weighted by molar-refractivity contribution is 6.04. The third-order valence-electron chi connectivity index (χ3n) is 6.11. The second kappa shape index (κ2) is 9.49. The molecule has 4 rings (SSSR count). The molecule has 2 amide bonds. The van der Waals surface area contributed by atoms with Crippen molar-refractivity contribution in [2.24, 2.45) is 0 Å². The maximum atomic E-state index is 13.6. The highest BCUT2D eigenvalue weighted by Crippen LogP contribution is 2.30. The Morgan fingerprint density at radius 2 is 2.00 bits per heavy atom. The normalized spacial score (nSPS) is 22.0. The number of nitrogens with zero attached hydrogens (tertiary/aromatic N) is 4. The van der Waals surface area contributed by atoms with E-state index in [0.717, 1.165) is 42.5 Å². The summed E-state index contributed by atoms with van der Waals surface area (Å²) in [7, 11) is 0. The monoisotopic (exact) mass is 438 g/mol. The molecule has 0 saturated carbocycles. The number of pyridine rings is 1.